The lowest BCUT2D eigenvalue weighted by Gasteiger charge is -2.14. The molecule has 0 aliphatic carbocycles. The van der Waals surface area contributed by atoms with Crippen LogP contribution in [0.4, 0.5) is 13.2 Å². The summed E-state index contributed by atoms with van der Waals surface area (Å²) in [6, 6.07) is 2.61. The van der Waals surface area contributed by atoms with Crippen LogP contribution in [0.25, 0.3) is 0 Å². The van der Waals surface area contributed by atoms with E-state index in [0.29, 0.717) is 0 Å². The van der Waals surface area contributed by atoms with E-state index in [1.54, 1.807) is 0 Å². The third-order valence-corrected chi connectivity index (χ3v) is 2.39. The molecule has 0 spiro atoms. The molecule has 8 heteroatoms. The molecule has 19 heavy (non-hydrogen) atoms. The predicted octanol–water partition coefficient (Wildman–Crippen LogP) is 2.80. The van der Waals surface area contributed by atoms with Crippen molar-refractivity contribution >= 4 is 17.6 Å². The third-order valence-electron chi connectivity index (χ3n) is 2.17. The lowest BCUT2D eigenvalue weighted by Crippen LogP contribution is -2.19. The molecule has 2 N–H and O–H groups in total. The Bertz CT molecular complexity index is 465. The Morgan fingerprint density at radius 1 is 1.42 bits per heavy atom. The number of hydrogen-bond acceptors (Lipinski definition) is 4. The van der Waals surface area contributed by atoms with Gasteiger partial charge in [-0.2, -0.15) is 0 Å². The number of esters is 1. The number of hydrogen-bond donors (Lipinski definition) is 1. The lowest BCUT2D eigenvalue weighted by atomic mass is 10.0. The van der Waals surface area contributed by atoms with E-state index in [0.717, 1.165) is 12.1 Å². The van der Waals surface area contributed by atoms with E-state index in [-0.39, 0.29) is 17.0 Å². The van der Waals surface area contributed by atoms with Gasteiger partial charge in [0.1, 0.15) is 5.75 Å². The van der Waals surface area contributed by atoms with Crippen LogP contribution in [0.1, 0.15) is 18.0 Å². The van der Waals surface area contributed by atoms with Crippen LogP contribution in [-0.2, 0) is 9.53 Å². The largest absolute Gasteiger partial charge is 0.573 e. The predicted molar refractivity (Wildman–Crippen MR) is 61.7 cm³/mol. The first-order valence-electron chi connectivity index (χ1n) is 5.10. The van der Waals surface area contributed by atoms with Crippen LogP contribution in [-0.4, -0.2) is 19.4 Å². The summed E-state index contributed by atoms with van der Waals surface area (Å²) in [4.78, 5) is 11.0. The standard InChI is InChI=1S/C11H11ClF3NO3/c1-18-10(17)5-9(16)6-2-7(12)4-8(3-6)19-11(13,14)15/h2-4,9H,5,16H2,1H3/t9-/m0/s1. The van der Waals surface area contributed by atoms with E-state index in [1.165, 1.54) is 13.2 Å². The molecule has 0 fully saturated rings. The zero-order chi connectivity index (χ0) is 14.6. The first-order valence-corrected chi connectivity index (χ1v) is 5.47. The van der Waals surface area contributed by atoms with Crippen molar-refractivity contribution in [2.75, 3.05) is 7.11 Å². The number of methoxy groups -OCH3 is 1. The average molecular weight is 298 g/mol. The van der Waals surface area contributed by atoms with Gasteiger partial charge in [0.05, 0.1) is 13.5 Å². The van der Waals surface area contributed by atoms with Crippen LogP contribution in [0.5, 0.6) is 5.75 Å². The maximum atomic E-state index is 12.1. The van der Waals surface area contributed by atoms with Gasteiger partial charge >= 0.3 is 12.3 Å². The van der Waals surface area contributed by atoms with Gasteiger partial charge in [0.15, 0.2) is 0 Å². The maximum absolute atomic E-state index is 12.1. The zero-order valence-electron chi connectivity index (χ0n) is 9.83. The minimum Gasteiger partial charge on any atom is -0.469 e. The van der Waals surface area contributed by atoms with Gasteiger partial charge < -0.3 is 15.2 Å². The van der Waals surface area contributed by atoms with Crippen molar-refractivity contribution < 1.29 is 27.4 Å². The van der Waals surface area contributed by atoms with Crippen molar-refractivity contribution in [1.29, 1.82) is 0 Å². The monoisotopic (exact) mass is 297 g/mol. The molecule has 0 aliphatic rings. The fourth-order valence-corrected chi connectivity index (χ4v) is 1.61. The lowest BCUT2D eigenvalue weighted by molar-refractivity contribution is -0.274. The van der Waals surface area contributed by atoms with Crippen molar-refractivity contribution in [3.05, 3.63) is 28.8 Å². The number of rotatable bonds is 4. The fraction of sp³-hybridized carbons (Fsp3) is 0.364. The highest BCUT2D eigenvalue weighted by Gasteiger charge is 2.31. The normalized spacial score (nSPS) is 12.9. The SMILES string of the molecule is COC(=O)C[C@H](N)c1cc(Cl)cc(OC(F)(F)F)c1. The summed E-state index contributed by atoms with van der Waals surface area (Å²) in [6.45, 7) is 0. The molecule has 1 aromatic carbocycles. The summed E-state index contributed by atoms with van der Waals surface area (Å²) in [5.41, 5.74) is 5.92. The van der Waals surface area contributed by atoms with Gasteiger partial charge in [0.2, 0.25) is 0 Å². The molecule has 0 saturated carbocycles. The van der Waals surface area contributed by atoms with Crippen LogP contribution >= 0.6 is 11.6 Å². The van der Waals surface area contributed by atoms with Gasteiger partial charge in [-0.1, -0.05) is 11.6 Å². The molecule has 106 valence electrons. The minimum atomic E-state index is -4.83. The summed E-state index contributed by atoms with van der Waals surface area (Å²) in [5, 5.41) is 0.0251. The van der Waals surface area contributed by atoms with E-state index in [1.807, 2.05) is 0 Å². The summed E-state index contributed by atoms with van der Waals surface area (Å²) >= 11 is 5.67. The number of carbonyl (C=O) groups excluding carboxylic acids is 1. The van der Waals surface area contributed by atoms with E-state index < -0.39 is 24.1 Å². The molecular weight excluding hydrogens is 287 g/mol. The highest BCUT2D eigenvalue weighted by Crippen LogP contribution is 2.29. The zero-order valence-corrected chi connectivity index (χ0v) is 10.6. The van der Waals surface area contributed by atoms with Crippen LogP contribution < -0.4 is 10.5 Å². The second-order valence-electron chi connectivity index (χ2n) is 3.65. The highest BCUT2D eigenvalue weighted by atomic mass is 35.5. The van der Waals surface area contributed by atoms with Crippen LogP contribution in [0.3, 0.4) is 0 Å². The number of ether oxygens (including phenoxy) is 2. The van der Waals surface area contributed by atoms with Crippen molar-refractivity contribution in [2.45, 2.75) is 18.8 Å². The minimum absolute atomic E-state index is 0.0251. The second-order valence-corrected chi connectivity index (χ2v) is 4.09. The van der Waals surface area contributed by atoms with Crippen LogP contribution in [0.2, 0.25) is 5.02 Å². The molecule has 0 radical (unpaired) electrons. The summed E-state index contributed by atoms with van der Waals surface area (Å²) in [7, 11) is 1.19. The average Bonchev–Trinajstić information content (AvgIpc) is 2.25. The quantitative estimate of drug-likeness (QED) is 0.868. The van der Waals surface area contributed by atoms with Crippen molar-refractivity contribution in [1.82, 2.24) is 0 Å². The molecule has 0 unspecified atom stereocenters. The topological polar surface area (TPSA) is 61.5 Å². The molecular formula is C11H11ClF3NO3. The summed E-state index contributed by atoms with van der Waals surface area (Å²) < 4.78 is 44.5. The molecule has 4 nitrogen and oxygen atoms in total. The smallest absolute Gasteiger partial charge is 0.469 e. The molecule has 0 bridgehead atoms. The first-order chi connectivity index (χ1) is 8.71. The Kier molecular flexibility index (Phi) is 5.02. The Labute approximate surface area is 112 Å². The van der Waals surface area contributed by atoms with Gasteiger partial charge in [-0.15, -0.1) is 13.2 Å². The molecule has 0 amide bonds. The van der Waals surface area contributed by atoms with Gasteiger partial charge in [-0.25, -0.2) is 0 Å². The Hall–Kier alpha value is -1.47. The number of halogens is 4. The maximum Gasteiger partial charge on any atom is 0.573 e. The second kappa shape index (κ2) is 6.12. The molecule has 1 atom stereocenters. The Morgan fingerprint density at radius 2 is 2.05 bits per heavy atom. The van der Waals surface area contributed by atoms with E-state index in [9.17, 15) is 18.0 Å². The summed E-state index contributed by atoms with van der Waals surface area (Å²) in [5.74, 6) is -1.07. The van der Waals surface area contributed by atoms with E-state index in [2.05, 4.69) is 9.47 Å². The van der Waals surface area contributed by atoms with Gasteiger partial charge in [-0.3, -0.25) is 4.79 Å². The molecule has 0 aliphatic heterocycles. The van der Waals surface area contributed by atoms with Crippen molar-refractivity contribution in [3.8, 4) is 5.75 Å². The number of benzene rings is 1. The van der Waals surface area contributed by atoms with Crippen LogP contribution in [0.15, 0.2) is 18.2 Å². The number of carbonyl (C=O) groups is 1. The van der Waals surface area contributed by atoms with Gasteiger partial charge in [0.25, 0.3) is 0 Å². The van der Waals surface area contributed by atoms with Gasteiger partial charge in [0, 0.05) is 11.1 Å². The third kappa shape index (κ3) is 5.35. The first kappa shape index (κ1) is 15.6. The Morgan fingerprint density at radius 3 is 2.58 bits per heavy atom. The molecule has 0 aromatic heterocycles. The molecule has 1 aromatic rings. The van der Waals surface area contributed by atoms with Crippen molar-refractivity contribution in [2.24, 2.45) is 5.73 Å². The van der Waals surface area contributed by atoms with Gasteiger partial charge in [-0.05, 0) is 23.8 Å². The number of alkyl halides is 3. The molecule has 1 rings (SSSR count). The molecule has 0 heterocycles. The summed E-state index contributed by atoms with van der Waals surface area (Å²) in [6.07, 6.45) is -5.00. The van der Waals surface area contributed by atoms with E-state index >= 15 is 0 Å². The Balaban J connectivity index is 2.93. The number of nitrogens with two attached hydrogens (primary N) is 1. The fourth-order valence-electron chi connectivity index (χ4n) is 1.37. The van der Waals surface area contributed by atoms with Crippen molar-refractivity contribution in [3.63, 3.8) is 0 Å². The van der Waals surface area contributed by atoms with Crippen LogP contribution in [0, 0.1) is 0 Å². The highest BCUT2D eigenvalue weighted by molar-refractivity contribution is 6.30. The van der Waals surface area contributed by atoms with E-state index in [4.69, 9.17) is 17.3 Å². The molecule has 0 saturated heterocycles.